The van der Waals surface area contributed by atoms with Crippen molar-refractivity contribution in [2.45, 2.75) is 120 Å². The number of aryl methyl sites for hydroxylation is 3. The molecule has 9 rings (SSSR count). The first-order chi connectivity index (χ1) is 39.2. The second kappa shape index (κ2) is 27.6. The monoisotopic (exact) mass is 1140 g/mol. The average Bonchev–Trinajstić information content (AvgIpc) is 2.30. The van der Waals surface area contributed by atoms with Gasteiger partial charge in [0.05, 0.1) is 16.2 Å². The first-order valence-corrected chi connectivity index (χ1v) is 31.1. The Morgan fingerprint density at radius 1 is 0.386 bits per heavy atom. The van der Waals surface area contributed by atoms with Gasteiger partial charge < -0.3 is 33.9 Å². The number of rotatable bonds is 15. The van der Waals surface area contributed by atoms with Crippen LogP contribution in [0.15, 0.2) is 146 Å². The summed E-state index contributed by atoms with van der Waals surface area (Å²) >= 11 is 0. The van der Waals surface area contributed by atoms with E-state index in [0.29, 0.717) is 0 Å². The van der Waals surface area contributed by atoms with Gasteiger partial charge in [-0.25, -0.2) is 0 Å². The summed E-state index contributed by atoms with van der Waals surface area (Å²) in [5, 5.41) is 0. The third-order valence-electron chi connectivity index (χ3n) is 17.2. The summed E-state index contributed by atoms with van der Waals surface area (Å²) in [6.07, 6.45) is 13.7. The normalized spacial score (nSPS) is 15.4. The number of hydrogen-bond acceptors (Lipinski definition) is 7. The highest BCUT2D eigenvalue weighted by Gasteiger charge is 2.44. The Morgan fingerprint density at radius 3 is 0.795 bits per heavy atom. The molecule has 11 heteroatoms. The van der Waals surface area contributed by atoms with Crippen molar-refractivity contribution in [3.8, 4) is 0 Å². The molecule has 3 aliphatic rings. The third kappa shape index (κ3) is 14.9. The Bertz CT molecular complexity index is 3150. The molecule has 0 atom stereocenters. The van der Waals surface area contributed by atoms with Gasteiger partial charge in [0.15, 0.2) is 17.1 Å². The molecule has 0 radical (unpaired) electrons. The van der Waals surface area contributed by atoms with Crippen molar-refractivity contribution in [1.82, 2.24) is 0 Å². The topological polar surface area (TPSA) is 105 Å². The number of nitrogens with zero attached hydrogens (tertiary/aromatic N) is 6. The van der Waals surface area contributed by atoms with E-state index in [-0.39, 0.29) is 16.2 Å². The first-order valence-electron chi connectivity index (χ1n) is 29.7. The van der Waals surface area contributed by atoms with Crippen LogP contribution in [0.5, 0.6) is 0 Å². The smallest absolute Gasteiger partial charge is 0.209 e. The minimum absolute atomic E-state index is 0.0247. The molecule has 0 N–H and O–H groups in total. The first kappa shape index (κ1) is 65.2. The van der Waals surface area contributed by atoms with Crippen LogP contribution < -0.4 is 29.4 Å². The van der Waals surface area contributed by atoms with Gasteiger partial charge in [0.1, 0.15) is 21.1 Å². The Hall–Kier alpha value is -6.94. The van der Waals surface area contributed by atoms with Crippen LogP contribution in [0, 0.1) is 20.8 Å². The number of phosphoric acid groups is 1. The van der Waals surface area contributed by atoms with Crippen molar-refractivity contribution in [3.63, 3.8) is 0 Å². The molecule has 3 heterocycles. The zero-order valence-corrected chi connectivity index (χ0v) is 54.0. The average molecular weight is 1140 g/mol. The Labute approximate surface area is 498 Å². The van der Waals surface area contributed by atoms with Gasteiger partial charge in [-0.1, -0.05) is 72.8 Å². The van der Waals surface area contributed by atoms with Crippen molar-refractivity contribution >= 4 is 77.3 Å². The molecule has 0 fully saturated rings. The minimum atomic E-state index is -5.39. The summed E-state index contributed by atoms with van der Waals surface area (Å²) in [7, 11) is 1.12. The molecule has 6 aromatic rings. The van der Waals surface area contributed by atoms with Gasteiger partial charge in [-0.3, -0.25) is 0 Å². The van der Waals surface area contributed by atoms with Crippen molar-refractivity contribution in [3.05, 3.63) is 196 Å². The summed E-state index contributed by atoms with van der Waals surface area (Å²) in [5.74, 6) is 0. The van der Waals surface area contributed by atoms with Crippen LogP contribution in [0.25, 0.3) is 18.2 Å². The fourth-order valence-corrected chi connectivity index (χ4v) is 12.3. The standard InChI is InChI=1S/3C24H31N2.H3O4P/c3*1-7-26(8-2)20-15-13-19(18(3)17-20)14-16-23-24(4,5)21-11-9-10-12-22(21)25(23)6;1-5(2,3)4/h3*9-17H,7-8H2,1-6H3;(H3,1,2,3,4)/q3*+1;/p-3. The van der Waals surface area contributed by atoms with Crippen molar-refractivity contribution in [2.75, 3.05) is 75.1 Å². The molecular formula is C72H93N6O4P. The van der Waals surface area contributed by atoms with Crippen LogP contribution in [0.1, 0.15) is 133 Å². The Morgan fingerprint density at radius 2 is 0.602 bits per heavy atom. The zero-order chi connectivity index (χ0) is 61.2. The molecule has 3 aliphatic heterocycles. The third-order valence-corrected chi connectivity index (χ3v) is 17.2. The predicted molar refractivity (Wildman–Crippen MR) is 350 cm³/mol. The number of hydrogen-bond donors (Lipinski definition) is 0. The molecule has 0 aliphatic carbocycles. The van der Waals surface area contributed by atoms with E-state index in [9.17, 15) is 0 Å². The molecule has 440 valence electrons. The lowest BCUT2D eigenvalue weighted by Crippen LogP contribution is -2.26. The molecule has 0 bridgehead atoms. The lowest BCUT2D eigenvalue weighted by atomic mass is 9.81. The van der Waals surface area contributed by atoms with E-state index in [1.807, 2.05) is 0 Å². The van der Waals surface area contributed by atoms with Crippen LogP contribution in [-0.2, 0) is 20.8 Å². The maximum atomic E-state index is 8.55. The summed E-state index contributed by atoms with van der Waals surface area (Å²) < 4.78 is 15.5. The van der Waals surface area contributed by atoms with Gasteiger partial charge in [0, 0.05) is 109 Å². The molecule has 0 unspecified atom stereocenters. The predicted octanol–water partition coefficient (Wildman–Crippen LogP) is 13.9. The van der Waals surface area contributed by atoms with E-state index in [2.05, 4.69) is 317 Å². The summed E-state index contributed by atoms with van der Waals surface area (Å²) in [4.78, 5) is 32.8. The van der Waals surface area contributed by atoms with Crippen LogP contribution in [0.4, 0.5) is 34.1 Å². The van der Waals surface area contributed by atoms with Gasteiger partial charge in [0.2, 0.25) is 17.1 Å². The molecule has 0 amide bonds. The van der Waals surface area contributed by atoms with E-state index in [1.54, 1.807) is 0 Å². The van der Waals surface area contributed by atoms with Crippen LogP contribution in [-0.4, -0.2) is 91.3 Å². The molecular weight excluding hydrogens is 1040 g/mol. The molecule has 6 aromatic carbocycles. The summed E-state index contributed by atoms with van der Waals surface area (Å²) in [6.45, 7) is 40.0. The quantitative estimate of drug-likeness (QED) is 0.0745. The molecule has 0 saturated heterocycles. The summed E-state index contributed by atoms with van der Waals surface area (Å²) in [6, 6.07) is 46.5. The molecule has 0 spiro atoms. The highest BCUT2D eigenvalue weighted by atomic mass is 31.2. The largest absolute Gasteiger partial charge is 0.822 e. The molecule has 10 nitrogen and oxygen atoms in total. The molecule has 83 heavy (non-hydrogen) atoms. The van der Waals surface area contributed by atoms with Gasteiger partial charge in [-0.05, 0) is 192 Å². The van der Waals surface area contributed by atoms with Crippen molar-refractivity contribution < 1.29 is 33.0 Å². The van der Waals surface area contributed by atoms with Gasteiger partial charge in [-0.2, -0.15) is 21.5 Å². The van der Waals surface area contributed by atoms with E-state index >= 15 is 0 Å². The fourth-order valence-electron chi connectivity index (χ4n) is 12.3. The van der Waals surface area contributed by atoms with Gasteiger partial charge >= 0.3 is 0 Å². The van der Waals surface area contributed by atoms with Crippen LogP contribution >= 0.6 is 7.82 Å². The highest BCUT2D eigenvalue weighted by molar-refractivity contribution is 7.40. The lowest BCUT2D eigenvalue weighted by Gasteiger charge is -2.36. The number of benzene rings is 6. The maximum Gasteiger partial charge on any atom is 0.209 e. The number of allylic oxidation sites excluding steroid dienone is 3. The Balaban J connectivity index is 0.000000192. The highest BCUT2D eigenvalue weighted by Crippen LogP contribution is 2.42. The number of fused-ring (bicyclic) bond motifs is 3. The van der Waals surface area contributed by atoms with Gasteiger partial charge in [-0.15, -0.1) is 0 Å². The number of para-hydroxylation sites is 3. The zero-order valence-electron chi connectivity index (χ0n) is 53.1. The number of anilines is 3. The van der Waals surface area contributed by atoms with Crippen LogP contribution in [0.3, 0.4) is 0 Å². The lowest BCUT2D eigenvalue weighted by molar-refractivity contribution is -0.432. The van der Waals surface area contributed by atoms with Crippen molar-refractivity contribution in [1.29, 1.82) is 0 Å². The molecule has 0 saturated carbocycles. The van der Waals surface area contributed by atoms with Crippen LogP contribution in [0.2, 0.25) is 0 Å². The fraction of sp³-hybridized carbons (Fsp3) is 0.375. The second-order valence-electron chi connectivity index (χ2n) is 23.3. The minimum Gasteiger partial charge on any atom is -0.822 e. The Kier molecular flexibility index (Phi) is 21.7. The van der Waals surface area contributed by atoms with Crippen molar-refractivity contribution in [2.24, 2.45) is 0 Å². The molecule has 0 aromatic heterocycles. The summed E-state index contributed by atoms with van der Waals surface area (Å²) in [5.41, 5.74) is 24.0. The van der Waals surface area contributed by atoms with E-state index in [4.69, 9.17) is 19.2 Å². The van der Waals surface area contributed by atoms with E-state index in [1.165, 1.54) is 101 Å². The maximum absolute atomic E-state index is 8.55. The van der Waals surface area contributed by atoms with Gasteiger partial charge in [0.25, 0.3) is 0 Å². The van der Waals surface area contributed by atoms with E-state index < -0.39 is 7.82 Å². The van der Waals surface area contributed by atoms with E-state index in [0.717, 1.165) is 39.3 Å². The second-order valence-corrected chi connectivity index (χ2v) is 24.2. The SMILES string of the molecule is CCN(CC)c1ccc(/C=C/C2=[N+](C)c3ccccc3C2(C)C)c(C)c1.CCN(CC)c1ccc(/C=C/C2=[N+](C)c3ccccc3C2(C)C)c(C)c1.CCN(CC)c1ccc(/C=C/C2=[N+](C)c3ccccc3C2(C)C)c(C)c1.O=P([O-])([O-])[O-].